The van der Waals surface area contributed by atoms with Crippen LogP contribution >= 0.6 is 0 Å². The Balaban J connectivity index is 2.25. The fourth-order valence-corrected chi connectivity index (χ4v) is 1.06. The molecule has 0 aliphatic rings. The fourth-order valence-electron chi connectivity index (χ4n) is 1.06. The number of aromatic nitrogens is 3. The van der Waals surface area contributed by atoms with Gasteiger partial charge in [0.05, 0.1) is 0 Å². The van der Waals surface area contributed by atoms with Crippen molar-refractivity contribution in [1.82, 2.24) is 15.1 Å². The molecule has 0 unspecified atom stereocenters. The van der Waals surface area contributed by atoms with Crippen LogP contribution in [0.5, 0.6) is 0 Å². The maximum Gasteiger partial charge on any atom is 0.321 e. The predicted molar refractivity (Wildman–Crippen MR) is 51.7 cm³/mol. The van der Waals surface area contributed by atoms with Gasteiger partial charge in [-0.2, -0.15) is 4.98 Å². The van der Waals surface area contributed by atoms with Gasteiger partial charge < -0.3 is 9.84 Å². The zero-order valence-electron chi connectivity index (χ0n) is 7.77. The van der Waals surface area contributed by atoms with Crippen molar-refractivity contribution in [3.05, 3.63) is 24.5 Å². The van der Waals surface area contributed by atoms with Crippen LogP contribution < -0.4 is 5.32 Å². The molecule has 1 N–H and O–H groups in total. The number of hydrogen-bond acceptors (Lipinski definition) is 5. The molecule has 2 aromatic heterocycles. The summed E-state index contributed by atoms with van der Waals surface area (Å²) in [5.41, 5.74) is 0.848. The molecular weight excluding hydrogens is 180 g/mol. The summed E-state index contributed by atoms with van der Waals surface area (Å²) in [4.78, 5) is 8.12. The smallest absolute Gasteiger partial charge is 0.321 e. The maximum atomic E-state index is 4.96. The molecule has 0 aliphatic carbocycles. The predicted octanol–water partition coefficient (Wildman–Crippen LogP) is 1.56. The van der Waals surface area contributed by atoms with Crippen LogP contribution in [0.4, 0.5) is 6.01 Å². The highest BCUT2D eigenvalue weighted by Crippen LogP contribution is 2.15. The third-order valence-corrected chi connectivity index (χ3v) is 1.67. The van der Waals surface area contributed by atoms with E-state index < -0.39 is 0 Å². The average Bonchev–Trinajstić information content (AvgIpc) is 2.68. The molecule has 0 saturated carbocycles. The van der Waals surface area contributed by atoms with E-state index in [4.69, 9.17) is 4.52 Å². The summed E-state index contributed by atoms with van der Waals surface area (Å²) in [6, 6.07) is 4.15. The minimum atomic E-state index is 0.436. The Labute approximate surface area is 81.2 Å². The van der Waals surface area contributed by atoms with E-state index in [9.17, 15) is 0 Å². The van der Waals surface area contributed by atoms with E-state index >= 15 is 0 Å². The molecule has 2 aromatic rings. The van der Waals surface area contributed by atoms with Gasteiger partial charge in [-0.3, -0.25) is 4.98 Å². The zero-order valence-corrected chi connectivity index (χ0v) is 7.77. The van der Waals surface area contributed by atoms with E-state index in [2.05, 4.69) is 20.4 Å². The number of nitrogens with zero attached hydrogens (tertiary/aromatic N) is 3. The van der Waals surface area contributed by atoms with Crippen LogP contribution in [0.2, 0.25) is 0 Å². The lowest BCUT2D eigenvalue weighted by Gasteiger charge is -1.91. The van der Waals surface area contributed by atoms with Gasteiger partial charge in [0, 0.05) is 24.5 Å². The molecule has 5 heteroatoms. The van der Waals surface area contributed by atoms with Gasteiger partial charge >= 0.3 is 6.01 Å². The monoisotopic (exact) mass is 190 g/mol. The van der Waals surface area contributed by atoms with Gasteiger partial charge in [-0.1, -0.05) is 5.16 Å². The normalized spacial score (nSPS) is 10.1. The van der Waals surface area contributed by atoms with E-state index in [-0.39, 0.29) is 0 Å². The third kappa shape index (κ3) is 1.71. The van der Waals surface area contributed by atoms with Crippen LogP contribution in [0.1, 0.15) is 6.92 Å². The average molecular weight is 190 g/mol. The van der Waals surface area contributed by atoms with Crippen molar-refractivity contribution in [2.75, 3.05) is 11.9 Å². The second-order valence-electron chi connectivity index (χ2n) is 2.70. The number of hydrogen-bond donors (Lipinski definition) is 1. The number of pyridine rings is 1. The second kappa shape index (κ2) is 3.87. The summed E-state index contributed by atoms with van der Waals surface area (Å²) in [5.74, 6) is 0.550. The van der Waals surface area contributed by atoms with Gasteiger partial charge in [-0.15, -0.1) is 0 Å². The van der Waals surface area contributed by atoms with Crippen LogP contribution in [-0.4, -0.2) is 21.7 Å². The SMILES string of the molecule is CCNc1nc(-c2cccnc2)no1. The van der Waals surface area contributed by atoms with Gasteiger partial charge in [0.15, 0.2) is 0 Å². The second-order valence-corrected chi connectivity index (χ2v) is 2.70. The molecular formula is C9H10N4O. The highest BCUT2D eigenvalue weighted by atomic mass is 16.5. The largest absolute Gasteiger partial charge is 0.338 e. The van der Waals surface area contributed by atoms with Gasteiger partial charge in [0.25, 0.3) is 0 Å². The molecule has 72 valence electrons. The minimum Gasteiger partial charge on any atom is -0.338 e. The Morgan fingerprint density at radius 1 is 1.50 bits per heavy atom. The van der Waals surface area contributed by atoms with E-state index in [1.807, 2.05) is 19.1 Å². The molecule has 5 nitrogen and oxygen atoms in total. The molecule has 2 heterocycles. The minimum absolute atomic E-state index is 0.436. The van der Waals surface area contributed by atoms with E-state index in [0.29, 0.717) is 11.8 Å². The molecule has 0 spiro atoms. The van der Waals surface area contributed by atoms with Gasteiger partial charge in [0.2, 0.25) is 5.82 Å². The van der Waals surface area contributed by atoms with Crippen LogP contribution in [-0.2, 0) is 0 Å². The molecule has 0 saturated heterocycles. The summed E-state index contributed by atoms with van der Waals surface area (Å²) in [5, 5.41) is 6.75. The first-order valence-corrected chi connectivity index (χ1v) is 4.38. The Hall–Kier alpha value is -1.91. The summed E-state index contributed by atoms with van der Waals surface area (Å²) in [6.45, 7) is 2.72. The molecule has 0 bridgehead atoms. The van der Waals surface area contributed by atoms with Crippen molar-refractivity contribution < 1.29 is 4.52 Å². The molecule has 14 heavy (non-hydrogen) atoms. The van der Waals surface area contributed by atoms with E-state index in [1.54, 1.807) is 12.4 Å². The van der Waals surface area contributed by atoms with E-state index in [0.717, 1.165) is 12.1 Å². The quantitative estimate of drug-likeness (QED) is 0.795. The lowest BCUT2D eigenvalue weighted by atomic mass is 10.3. The van der Waals surface area contributed by atoms with Crippen molar-refractivity contribution in [2.45, 2.75) is 6.92 Å². The van der Waals surface area contributed by atoms with Gasteiger partial charge in [0.1, 0.15) is 0 Å². The summed E-state index contributed by atoms with van der Waals surface area (Å²) >= 11 is 0. The van der Waals surface area contributed by atoms with Crippen molar-refractivity contribution in [1.29, 1.82) is 0 Å². The highest BCUT2D eigenvalue weighted by Gasteiger charge is 2.06. The summed E-state index contributed by atoms with van der Waals surface area (Å²) in [7, 11) is 0. The summed E-state index contributed by atoms with van der Waals surface area (Å²) < 4.78 is 4.96. The van der Waals surface area contributed by atoms with E-state index in [1.165, 1.54) is 0 Å². The Morgan fingerprint density at radius 2 is 2.43 bits per heavy atom. The van der Waals surface area contributed by atoms with Crippen LogP contribution in [0.25, 0.3) is 11.4 Å². The highest BCUT2D eigenvalue weighted by molar-refractivity contribution is 5.53. The topological polar surface area (TPSA) is 63.8 Å². The lowest BCUT2D eigenvalue weighted by Crippen LogP contribution is -1.95. The maximum absolute atomic E-state index is 4.96. The first-order chi connectivity index (χ1) is 6.90. The Morgan fingerprint density at radius 3 is 3.14 bits per heavy atom. The Kier molecular flexibility index (Phi) is 2.40. The molecule has 0 aliphatic heterocycles. The van der Waals surface area contributed by atoms with Gasteiger partial charge in [-0.05, 0) is 19.1 Å². The molecule has 0 radical (unpaired) electrons. The lowest BCUT2D eigenvalue weighted by molar-refractivity contribution is 0.432. The number of anilines is 1. The van der Waals surface area contributed by atoms with Gasteiger partial charge in [-0.25, -0.2) is 0 Å². The zero-order chi connectivity index (χ0) is 9.80. The molecule has 0 aromatic carbocycles. The van der Waals surface area contributed by atoms with Crippen LogP contribution in [0.3, 0.4) is 0 Å². The number of rotatable bonds is 3. The molecule has 0 amide bonds. The van der Waals surface area contributed by atoms with Crippen LogP contribution in [0.15, 0.2) is 29.0 Å². The molecule has 0 atom stereocenters. The number of nitrogens with one attached hydrogen (secondary N) is 1. The van der Waals surface area contributed by atoms with Crippen LogP contribution in [0, 0.1) is 0 Å². The van der Waals surface area contributed by atoms with Crippen molar-refractivity contribution in [2.24, 2.45) is 0 Å². The van der Waals surface area contributed by atoms with Crippen molar-refractivity contribution in [3.8, 4) is 11.4 Å². The summed E-state index contributed by atoms with van der Waals surface area (Å²) in [6.07, 6.45) is 3.40. The molecule has 0 fully saturated rings. The Bertz CT molecular complexity index is 398. The fraction of sp³-hybridized carbons (Fsp3) is 0.222. The third-order valence-electron chi connectivity index (χ3n) is 1.67. The first-order valence-electron chi connectivity index (χ1n) is 4.38. The van der Waals surface area contributed by atoms with Crippen molar-refractivity contribution >= 4 is 6.01 Å². The van der Waals surface area contributed by atoms with Crippen molar-refractivity contribution in [3.63, 3.8) is 0 Å². The molecule has 2 rings (SSSR count). The first kappa shape index (κ1) is 8.68. The standard InChI is InChI=1S/C9H10N4O/c1-2-11-9-12-8(13-14-9)7-4-3-5-10-6-7/h3-6H,2H2,1H3,(H,11,12,13).